The molecule has 1 unspecified atom stereocenters. The molecule has 0 bridgehead atoms. The number of hydrogen-bond acceptors (Lipinski definition) is 2. The van der Waals surface area contributed by atoms with Gasteiger partial charge in [0.15, 0.2) is 0 Å². The van der Waals surface area contributed by atoms with Crippen molar-refractivity contribution >= 4 is 11.9 Å². The summed E-state index contributed by atoms with van der Waals surface area (Å²) >= 11 is 0. The lowest BCUT2D eigenvalue weighted by Crippen LogP contribution is -2.43. The summed E-state index contributed by atoms with van der Waals surface area (Å²) < 4.78 is 0. The fraction of sp³-hybridized carbons (Fsp3) is 0.529. The molecule has 0 saturated carbocycles. The summed E-state index contributed by atoms with van der Waals surface area (Å²) in [5.41, 5.74) is 2.59. The van der Waals surface area contributed by atoms with E-state index in [0.717, 1.165) is 19.3 Å². The molecule has 2 rings (SSSR count). The van der Waals surface area contributed by atoms with E-state index in [1.54, 1.807) is 4.90 Å². The number of nitrogens with zero attached hydrogens (tertiary/aromatic N) is 1. The van der Waals surface area contributed by atoms with Crippen LogP contribution < -0.4 is 0 Å². The van der Waals surface area contributed by atoms with E-state index in [-0.39, 0.29) is 24.3 Å². The van der Waals surface area contributed by atoms with Gasteiger partial charge in [0.05, 0.1) is 6.42 Å². The Hall–Kier alpha value is -1.84. The van der Waals surface area contributed by atoms with Crippen molar-refractivity contribution in [2.75, 3.05) is 6.54 Å². The predicted octanol–water partition coefficient (Wildman–Crippen LogP) is 2.50. The zero-order valence-electron chi connectivity index (χ0n) is 12.7. The van der Waals surface area contributed by atoms with Crippen LogP contribution >= 0.6 is 0 Å². The van der Waals surface area contributed by atoms with Crippen LogP contribution in [0.4, 0.5) is 0 Å². The van der Waals surface area contributed by atoms with Crippen LogP contribution in [0.3, 0.4) is 0 Å². The summed E-state index contributed by atoms with van der Waals surface area (Å²) in [5, 5.41) is 8.83. The molecule has 0 radical (unpaired) electrons. The minimum Gasteiger partial charge on any atom is -0.481 e. The second-order valence-corrected chi connectivity index (χ2v) is 5.98. The number of hydrogen-bond donors (Lipinski definition) is 1. The molecule has 1 aromatic rings. The van der Waals surface area contributed by atoms with Crippen LogP contribution in [0, 0.1) is 5.92 Å². The molecule has 4 heteroatoms. The number of aryl methyl sites for hydroxylation is 1. The van der Waals surface area contributed by atoms with Gasteiger partial charge in [0, 0.05) is 18.5 Å². The summed E-state index contributed by atoms with van der Waals surface area (Å²) in [4.78, 5) is 25.2. The summed E-state index contributed by atoms with van der Waals surface area (Å²) in [6, 6.07) is 8.30. The van der Waals surface area contributed by atoms with Gasteiger partial charge in [0.25, 0.3) is 0 Å². The van der Waals surface area contributed by atoms with Crippen molar-refractivity contribution in [2.24, 2.45) is 5.92 Å². The van der Waals surface area contributed by atoms with E-state index in [1.807, 2.05) is 26.0 Å². The number of carbonyl (C=O) groups excluding carboxylic acids is 1. The minimum atomic E-state index is -0.859. The summed E-state index contributed by atoms with van der Waals surface area (Å²) in [7, 11) is 0. The number of carboxylic acids is 1. The van der Waals surface area contributed by atoms with Crippen molar-refractivity contribution in [3.05, 3.63) is 35.4 Å². The van der Waals surface area contributed by atoms with Crippen molar-refractivity contribution in [1.82, 2.24) is 4.90 Å². The molecule has 1 aliphatic rings. The first-order chi connectivity index (χ1) is 9.99. The third-order valence-electron chi connectivity index (χ3n) is 4.17. The second-order valence-electron chi connectivity index (χ2n) is 5.98. The standard InChI is InChI=1S/C17H23NO3/c1-12(2)18(10-9-16(19)20)17(21)15-8-7-13-5-3-4-6-14(13)11-15/h3-6,12,15H,7-11H2,1-2H3,(H,19,20). The van der Waals surface area contributed by atoms with Gasteiger partial charge in [-0.3, -0.25) is 9.59 Å². The third-order valence-corrected chi connectivity index (χ3v) is 4.17. The van der Waals surface area contributed by atoms with Gasteiger partial charge in [0.1, 0.15) is 0 Å². The zero-order valence-corrected chi connectivity index (χ0v) is 12.7. The maximum Gasteiger partial charge on any atom is 0.305 e. The largest absolute Gasteiger partial charge is 0.481 e. The van der Waals surface area contributed by atoms with Crippen LogP contribution in [0.15, 0.2) is 24.3 Å². The average Bonchev–Trinajstić information content (AvgIpc) is 2.46. The first kappa shape index (κ1) is 15.5. The zero-order chi connectivity index (χ0) is 15.4. The van der Waals surface area contributed by atoms with Crippen LogP contribution in [0.2, 0.25) is 0 Å². The monoisotopic (exact) mass is 289 g/mol. The van der Waals surface area contributed by atoms with Crippen molar-refractivity contribution in [3.63, 3.8) is 0 Å². The lowest BCUT2D eigenvalue weighted by Gasteiger charge is -2.32. The smallest absolute Gasteiger partial charge is 0.305 e. The third kappa shape index (κ3) is 3.84. The maximum absolute atomic E-state index is 12.7. The van der Waals surface area contributed by atoms with Gasteiger partial charge in [-0.1, -0.05) is 24.3 Å². The Labute approximate surface area is 125 Å². The Morgan fingerprint density at radius 2 is 1.95 bits per heavy atom. The molecule has 0 aromatic heterocycles. The molecule has 1 aliphatic carbocycles. The first-order valence-electron chi connectivity index (χ1n) is 7.58. The van der Waals surface area contributed by atoms with Gasteiger partial charge in [-0.2, -0.15) is 0 Å². The van der Waals surface area contributed by atoms with Crippen molar-refractivity contribution in [3.8, 4) is 0 Å². The van der Waals surface area contributed by atoms with Crippen LogP contribution in [0.25, 0.3) is 0 Å². The van der Waals surface area contributed by atoms with Crippen LogP contribution in [0.5, 0.6) is 0 Å². The second kappa shape index (κ2) is 6.74. The van der Waals surface area contributed by atoms with Crippen LogP contribution in [-0.2, 0) is 22.4 Å². The summed E-state index contributed by atoms with van der Waals surface area (Å²) in [5.74, 6) is -0.778. The van der Waals surface area contributed by atoms with Crippen molar-refractivity contribution < 1.29 is 14.7 Å². The molecule has 0 fully saturated rings. The molecule has 0 spiro atoms. The highest BCUT2D eigenvalue weighted by Gasteiger charge is 2.29. The van der Waals surface area contributed by atoms with E-state index in [2.05, 4.69) is 12.1 Å². The number of aliphatic carboxylic acids is 1. The van der Waals surface area contributed by atoms with Crippen LogP contribution in [-0.4, -0.2) is 34.5 Å². The molecule has 1 atom stereocenters. The Balaban J connectivity index is 2.06. The Morgan fingerprint density at radius 3 is 2.57 bits per heavy atom. The minimum absolute atomic E-state index is 0.00717. The van der Waals surface area contributed by atoms with E-state index < -0.39 is 5.97 Å². The van der Waals surface area contributed by atoms with E-state index in [0.29, 0.717) is 6.54 Å². The molecule has 0 saturated heterocycles. The predicted molar refractivity (Wildman–Crippen MR) is 81.1 cm³/mol. The molecule has 21 heavy (non-hydrogen) atoms. The van der Waals surface area contributed by atoms with Crippen molar-refractivity contribution in [1.29, 1.82) is 0 Å². The number of rotatable bonds is 5. The first-order valence-corrected chi connectivity index (χ1v) is 7.58. The fourth-order valence-electron chi connectivity index (χ4n) is 2.98. The van der Waals surface area contributed by atoms with Gasteiger partial charge in [-0.05, 0) is 44.2 Å². The molecule has 1 N–H and O–H groups in total. The lowest BCUT2D eigenvalue weighted by atomic mass is 9.83. The molecule has 1 amide bonds. The highest BCUT2D eigenvalue weighted by Crippen LogP contribution is 2.27. The number of benzene rings is 1. The van der Waals surface area contributed by atoms with Gasteiger partial charge >= 0.3 is 5.97 Å². The number of carboxylic acid groups (broad SMARTS) is 1. The molecular formula is C17H23NO3. The van der Waals surface area contributed by atoms with Gasteiger partial charge in [0.2, 0.25) is 5.91 Å². The Kier molecular flexibility index (Phi) is 4.99. The highest BCUT2D eigenvalue weighted by molar-refractivity contribution is 5.80. The van der Waals surface area contributed by atoms with Gasteiger partial charge in [-0.25, -0.2) is 0 Å². The van der Waals surface area contributed by atoms with E-state index in [4.69, 9.17) is 5.11 Å². The topological polar surface area (TPSA) is 57.6 Å². The molecular weight excluding hydrogens is 266 g/mol. The average molecular weight is 289 g/mol. The van der Waals surface area contributed by atoms with E-state index >= 15 is 0 Å². The highest BCUT2D eigenvalue weighted by atomic mass is 16.4. The molecule has 114 valence electrons. The normalized spacial score (nSPS) is 17.4. The molecule has 1 aromatic carbocycles. The SMILES string of the molecule is CC(C)N(CCC(=O)O)C(=O)C1CCc2ccccc2C1. The number of carbonyl (C=O) groups is 2. The number of fused-ring (bicyclic) bond motifs is 1. The van der Waals surface area contributed by atoms with E-state index in [1.165, 1.54) is 11.1 Å². The molecule has 0 aliphatic heterocycles. The Bertz CT molecular complexity index is 525. The Morgan fingerprint density at radius 1 is 1.29 bits per heavy atom. The fourth-order valence-corrected chi connectivity index (χ4v) is 2.98. The summed E-state index contributed by atoms with van der Waals surface area (Å²) in [6.07, 6.45) is 2.56. The molecule has 0 heterocycles. The van der Waals surface area contributed by atoms with Crippen molar-refractivity contribution in [2.45, 2.75) is 45.6 Å². The maximum atomic E-state index is 12.7. The quantitative estimate of drug-likeness (QED) is 0.906. The van der Waals surface area contributed by atoms with Crippen LogP contribution in [0.1, 0.15) is 37.8 Å². The lowest BCUT2D eigenvalue weighted by molar-refractivity contribution is -0.141. The molecule has 4 nitrogen and oxygen atoms in total. The number of amides is 1. The van der Waals surface area contributed by atoms with Gasteiger partial charge < -0.3 is 10.0 Å². The van der Waals surface area contributed by atoms with Gasteiger partial charge in [-0.15, -0.1) is 0 Å². The summed E-state index contributed by atoms with van der Waals surface area (Å²) in [6.45, 7) is 4.18. The van der Waals surface area contributed by atoms with E-state index in [9.17, 15) is 9.59 Å².